The summed E-state index contributed by atoms with van der Waals surface area (Å²) in [6.07, 6.45) is 1.62. The molecule has 2 saturated heterocycles. The second-order valence-electron chi connectivity index (χ2n) is 8.73. The molecule has 0 aromatic heterocycles. The summed E-state index contributed by atoms with van der Waals surface area (Å²) in [5.74, 6) is 1.25. The molecule has 3 heterocycles. The molecule has 8 heteroatoms. The maximum atomic E-state index is 12.8. The van der Waals surface area contributed by atoms with Gasteiger partial charge in [-0.15, -0.1) is 0 Å². The van der Waals surface area contributed by atoms with Crippen molar-refractivity contribution in [2.24, 2.45) is 0 Å². The van der Waals surface area contributed by atoms with Gasteiger partial charge in [0.2, 0.25) is 11.8 Å². The Kier molecular flexibility index (Phi) is 5.66. The number of piperazine rings is 1. The molecule has 3 aliphatic rings. The van der Waals surface area contributed by atoms with Gasteiger partial charge in [0.05, 0.1) is 6.04 Å². The topological polar surface area (TPSA) is 88.2 Å². The Hall–Kier alpha value is -3.55. The van der Waals surface area contributed by atoms with E-state index in [0.29, 0.717) is 43.4 Å². The first-order chi connectivity index (χ1) is 16.0. The zero-order valence-electron chi connectivity index (χ0n) is 18.6. The van der Waals surface area contributed by atoms with Gasteiger partial charge in [-0.3, -0.25) is 14.4 Å². The lowest BCUT2D eigenvalue weighted by Gasteiger charge is -2.36. The number of ether oxygens (including phenoxy) is 2. The molecule has 8 nitrogen and oxygen atoms in total. The van der Waals surface area contributed by atoms with E-state index in [-0.39, 0.29) is 36.3 Å². The second-order valence-corrected chi connectivity index (χ2v) is 8.73. The number of amides is 3. The van der Waals surface area contributed by atoms with Crippen molar-refractivity contribution < 1.29 is 23.9 Å². The van der Waals surface area contributed by atoms with Crippen LogP contribution in [0.25, 0.3) is 0 Å². The predicted octanol–water partition coefficient (Wildman–Crippen LogP) is 2.28. The highest BCUT2D eigenvalue weighted by molar-refractivity contribution is 5.95. The number of nitrogens with one attached hydrogen (secondary N) is 1. The molecule has 2 aromatic carbocycles. The van der Waals surface area contributed by atoms with E-state index in [4.69, 9.17) is 9.47 Å². The van der Waals surface area contributed by atoms with Gasteiger partial charge in [-0.2, -0.15) is 0 Å². The maximum Gasteiger partial charge on any atom is 0.251 e. The standard InChI is InChI=1S/C25H27N3O5/c1-16(19-8-9-21-22(13-19)33-12-11-32-21)26-24(30)18-6-4-17(5-7-18)14-27-15-23(29)28-10-2-3-20(28)25(27)31/h4-9,13,16,20H,2-3,10-12,14-15H2,1H3,(H,26,30). The molecule has 2 atom stereocenters. The van der Waals surface area contributed by atoms with E-state index in [0.717, 1.165) is 24.0 Å². The Morgan fingerprint density at radius 1 is 1.09 bits per heavy atom. The van der Waals surface area contributed by atoms with Crippen LogP contribution in [0.1, 0.15) is 47.3 Å². The number of hydrogen-bond donors (Lipinski definition) is 1. The number of carbonyl (C=O) groups is 3. The Balaban J connectivity index is 1.21. The van der Waals surface area contributed by atoms with Gasteiger partial charge in [0.25, 0.3) is 5.91 Å². The summed E-state index contributed by atoms with van der Waals surface area (Å²) in [4.78, 5) is 41.1. The second kappa shape index (κ2) is 8.77. The molecule has 0 aliphatic carbocycles. The smallest absolute Gasteiger partial charge is 0.251 e. The third-order valence-electron chi connectivity index (χ3n) is 6.50. The number of nitrogens with zero attached hydrogens (tertiary/aromatic N) is 2. The van der Waals surface area contributed by atoms with Gasteiger partial charge < -0.3 is 24.6 Å². The van der Waals surface area contributed by atoms with Crippen LogP contribution < -0.4 is 14.8 Å². The minimum Gasteiger partial charge on any atom is -0.486 e. The van der Waals surface area contributed by atoms with Crippen LogP contribution in [0, 0.1) is 0 Å². The van der Waals surface area contributed by atoms with E-state index < -0.39 is 0 Å². The average molecular weight is 450 g/mol. The molecule has 0 radical (unpaired) electrons. The van der Waals surface area contributed by atoms with E-state index >= 15 is 0 Å². The molecule has 172 valence electrons. The molecule has 2 unspecified atom stereocenters. The maximum absolute atomic E-state index is 12.8. The molecule has 2 fully saturated rings. The fraction of sp³-hybridized carbons (Fsp3) is 0.400. The summed E-state index contributed by atoms with van der Waals surface area (Å²) in [5, 5.41) is 3.01. The fourth-order valence-electron chi connectivity index (χ4n) is 4.67. The van der Waals surface area contributed by atoms with Crippen LogP contribution in [0.2, 0.25) is 0 Å². The quantitative estimate of drug-likeness (QED) is 0.757. The van der Waals surface area contributed by atoms with Crippen LogP contribution >= 0.6 is 0 Å². The monoisotopic (exact) mass is 449 g/mol. The number of benzene rings is 2. The van der Waals surface area contributed by atoms with E-state index in [9.17, 15) is 14.4 Å². The SMILES string of the molecule is CC(NC(=O)c1ccc(CN2CC(=O)N3CCCC3C2=O)cc1)c1ccc2c(c1)OCCO2. The lowest BCUT2D eigenvalue weighted by molar-refractivity contribution is -0.154. The Labute approximate surface area is 192 Å². The fourth-order valence-corrected chi connectivity index (χ4v) is 4.67. The van der Waals surface area contributed by atoms with E-state index in [1.165, 1.54) is 0 Å². The third kappa shape index (κ3) is 4.25. The van der Waals surface area contributed by atoms with Crippen molar-refractivity contribution in [2.45, 2.75) is 38.4 Å². The minimum atomic E-state index is -0.307. The van der Waals surface area contributed by atoms with Gasteiger partial charge in [-0.25, -0.2) is 0 Å². The van der Waals surface area contributed by atoms with Crippen LogP contribution in [0.3, 0.4) is 0 Å². The van der Waals surface area contributed by atoms with Crippen molar-refractivity contribution in [2.75, 3.05) is 26.3 Å². The first-order valence-electron chi connectivity index (χ1n) is 11.4. The van der Waals surface area contributed by atoms with Crippen LogP contribution in [-0.2, 0) is 16.1 Å². The highest BCUT2D eigenvalue weighted by Gasteiger charge is 2.41. The number of fused-ring (bicyclic) bond motifs is 2. The van der Waals surface area contributed by atoms with Crippen LogP contribution in [0.5, 0.6) is 11.5 Å². The molecule has 0 spiro atoms. The molecule has 5 rings (SSSR count). The molecule has 1 N–H and O–H groups in total. The van der Waals surface area contributed by atoms with Crippen LogP contribution in [0.4, 0.5) is 0 Å². The van der Waals surface area contributed by atoms with Crippen molar-refractivity contribution >= 4 is 17.7 Å². The zero-order chi connectivity index (χ0) is 22.9. The Bertz CT molecular complexity index is 1080. The highest BCUT2D eigenvalue weighted by Crippen LogP contribution is 2.32. The number of hydrogen-bond acceptors (Lipinski definition) is 5. The molecular formula is C25H27N3O5. The zero-order valence-corrected chi connectivity index (χ0v) is 18.6. The van der Waals surface area contributed by atoms with Crippen molar-refractivity contribution in [3.8, 4) is 11.5 Å². The van der Waals surface area contributed by atoms with Gasteiger partial charge in [0, 0.05) is 18.7 Å². The summed E-state index contributed by atoms with van der Waals surface area (Å²) < 4.78 is 11.2. The largest absolute Gasteiger partial charge is 0.486 e. The first-order valence-corrected chi connectivity index (χ1v) is 11.4. The van der Waals surface area contributed by atoms with Crippen LogP contribution in [0.15, 0.2) is 42.5 Å². The molecular weight excluding hydrogens is 422 g/mol. The molecule has 2 aromatic rings. The third-order valence-corrected chi connectivity index (χ3v) is 6.50. The van der Waals surface area contributed by atoms with E-state index in [1.54, 1.807) is 21.9 Å². The summed E-state index contributed by atoms with van der Waals surface area (Å²) in [7, 11) is 0. The van der Waals surface area contributed by atoms with Gasteiger partial charge in [-0.1, -0.05) is 18.2 Å². The van der Waals surface area contributed by atoms with Gasteiger partial charge in [-0.05, 0) is 55.2 Å². The Morgan fingerprint density at radius 2 is 1.85 bits per heavy atom. The van der Waals surface area contributed by atoms with Gasteiger partial charge in [0.15, 0.2) is 11.5 Å². The molecule has 0 bridgehead atoms. The highest BCUT2D eigenvalue weighted by atomic mass is 16.6. The van der Waals surface area contributed by atoms with Crippen molar-refractivity contribution in [1.82, 2.24) is 15.1 Å². The predicted molar refractivity (Wildman–Crippen MR) is 120 cm³/mol. The summed E-state index contributed by atoms with van der Waals surface area (Å²) in [5.41, 5.74) is 2.35. The van der Waals surface area contributed by atoms with Gasteiger partial charge in [0.1, 0.15) is 25.8 Å². The Morgan fingerprint density at radius 3 is 2.64 bits per heavy atom. The lowest BCUT2D eigenvalue weighted by Crippen LogP contribution is -2.56. The normalized spacial score (nSPS) is 20.5. The number of carbonyl (C=O) groups excluding carboxylic acids is 3. The molecule has 3 amide bonds. The first kappa shape index (κ1) is 21.3. The molecule has 0 saturated carbocycles. The van der Waals surface area contributed by atoms with Crippen LogP contribution in [-0.4, -0.2) is 59.9 Å². The summed E-state index contributed by atoms with van der Waals surface area (Å²) in [6, 6.07) is 12.3. The van der Waals surface area contributed by atoms with Crippen molar-refractivity contribution in [3.63, 3.8) is 0 Å². The van der Waals surface area contributed by atoms with Crippen molar-refractivity contribution in [1.29, 1.82) is 0 Å². The number of rotatable bonds is 5. The molecule has 33 heavy (non-hydrogen) atoms. The van der Waals surface area contributed by atoms with E-state index in [1.807, 2.05) is 37.3 Å². The van der Waals surface area contributed by atoms with E-state index in [2.05, 4.69) is 5.32 Å². The summed E-state index contributed by atoms with van der Waals surface area (Å²) >= 11 is 0. The lowest BCUT2D eigenvalue weighted by atomic mass is 10.1. The molecule has 3 aliphatic heterocycles. The van der Waals surface area contributed by atoms with Crippen molar-refractivity contribution in [3.05, 3.63) is 59.2 Å². The summed E-state index contributed by atoms with van der Waals surface area (Å²) in [6.45, 7) is 4.13. The average Bonchev–Trinajstić information content (AvgIpc) is 3.33. The minimum absolute atomic E-state index is 0.0150. The van der Waals surface area contributed by atoms with Gasteiger partial charge >= 0.3 is 0 Å².